The molecule has 0 unspecified atom stereocenters. The molecule has 14 heavy (non-hydrogen) atoms. The molecule has 0 radical (unpaired) electrons. The standard InChI is InChI=1S/C12H22N.H2O/c1-5-9-13(10-6-2,11-7-3)12-8-4;/h5-7,10-11H,1,8-9,12H2,2-4H3;1H2/q+1;/p-1. The van der Waals surface area contributed by atoms with E-state index in [0.717, 1.165) is 17.6 Å². The SMILES string of the molecule is C=CC[N+](C=CC)(C=CC)CCC.[OH-]. The minimum atomic E-state index is 0. The summed E-state index contributed by atoms with van der Waals surface area (Å²) in [6, 6.07) is 0. The van der Waals surface area contributed by atoms with Gasteiger partial charge in [0, 0.05) is 0 Å². The molecule has 0 aliphatic carbocycles. The van der Waals surface area contributed by atoms with Gasteiger partial charge in [0.05, 0.1) is 18.9 Å². The van der Waals surface area contributed by atoms with Crippen molar-refractivity contribution in [2.45, 2.75) is 27.2 Å². The number of allylic oxidation sites excluding steroid dienone is 2. The molecule has 0 saturated heterocycles. The van der Waals surface area contributed by atoms with Gasteiger partial charge >= 0.3 is 0 Å². The van der Waals surface area contributed by atoms with Gasteiger partial charge < -0.3 is 5.48 Å². The van der Waals surface area contributed by atoms with E-state index in [9.17, 15) is 0 Å². The van der Waals surface area contributed by atoms with Crippen molar-refractivity contribution in [3.8, 4) is 0 Å². The van der Waals surface area contributed by atoms with E-state index in [0.29, 0.717) is 0 Å². The molecule has 0 aliphatic heterocycles. The summed E-state index contributed by atoms with van der Waals surface area (Å²) in [6.07, 6.45) is 11.8. The molecule has 0 spiro atoms. The number of nitrogens with zero attached hydrogens (tertiary/aromatic N) is 1. The second-order valence-electron chi connectivity index (χ2n) is 3.26. The fourth-order valence-electron chi connectivity index (χ4n) is 1.66. The first-order valence-electron chi connectivity index (χ1n) is 4.99. The summed E-state index contributed by atoms with van der Waals surface area (Å²) in [7, 11) is 0. The summed E-state index contributed by atoms with van der Waals surface area (Å²) in [6.45, 7) is 12.3. The molecule has 2 heteroatoms. The van der Waals surface area contributed by atoms with Crippen molar-refractivity contribution >= 4 is 0 Å². The molecule has 0 aliphatic rings. The molecule has 1 N–H and O–H groups in total. The average molecular weight is 197 g/mol. The molecule has 0 heterocycles. The van der Waals surface area contributed by atoms with Crippen LogP contribution in [0.15, 0.2) is 37.2 Å². The average Bonchev–Trinajstić information content (AvgIpc) is 2.06. The van der Waals surface area contributed by atoms with E-state index in [-0.39, 0.29) is 5.48 Å². The van der Waals surface area contributed by atoms with Crippen molar-refractivity contribution in [3.63, 3.8) is 0 Å². The Labute approximate surface area is 88.1 Å². The summed E-state index contributed by atoms with van der Waals surface area (Å²) in [4.78, 5) is 0. The highest BCUT2D eigenvalue weighted by atomic mass is 16.0. The third-order valence-electron chi connectivity index (χ3n) is 2.00. The lowest BCUT2D eigenvalue weighted by Crippen LogP contribution is -2.37. The van der Waals surface area contributed by atoms with Crippen LogP contribution in [0.5, 0.6) is 0 Å². The van der Waals surface area contributed by atoms with Gasteiger partial charge in [-0.3, -0.25) is 4.48 Å². The van der Waals surface area contributed by atoms with Crippen molar-refractivity contribution in [3.05, 3.63) is 37.2 Å². The van der Waals surface area contributed by atoms with Crippen molar-refractivity contribution < 1.29 is 9.96 Å². The molecule has 82 valence electrons. The Balaban J connectivity index is 0. The van der Waals surface area contributed by atoms with E-state index < -0.39 is 0 Å². The lowest BCUT2D eigenvalue weighted by atomic mass is 10.3. The van der Waals surface area contributed by atoms with Crippen molar-refractivity contribution in [2.24, 2.45) is 0 Å². The summed E-state index contributed by atoms with van der Waals surface area (Å²) >= 11 is 0. The van der Waals surface area contributed by atoms with Crippen LogP contribution in [0.2, 0.25) is 0 Å². The van der Waals surface area contributed by atoms with Gasteiger partial charge in [0.2, 0.25) is 0 Å². The Morgan fingerprint density at radius 2 is 1.64 bits per heavy atom. The van der Waals surface area contributed by atoms with Crippen LogP contribution in [-0.2, 0) is 0 Å². The van der Waals surface area contributed by atoms with Gasteiger partial charge in [-0.25, -0.2) is 0 Å². The Kier molecular flexibility index (Phi) is 9.73. The van der Waals surface area contributed by atoms with Crippen LogP contribution in [0.3, 0.4) is 0 Å². The molecule has 0 fully saturated rings. The molecule has 0 atom stereocenters. The smallest absolute Gasteiger partial charge is 0.105 e. The normalized spacial score (nSPS) is 15.4. The first kappa shape index (κ1) is 15.6. The summed E-state index contributed by atoms with van der Waals surface area (Å²) < 4.78 is 0.896. The van der Waals surface area contributed by atoms with E-state index in [2.05, 4.69) is 51.9 Å². The van der Waals surface area contributed by atoms with Gasteiger partial charge in [0.25, 0.3) is 0 Å². The van der Waals surface area contributed by atoms with Crippen molar-refractivity contribution in [1.82, 2.24) is 0 Å². The molecular weight excluding hydrogens is 174 g/mol. The van der Waals surface area contributed by atoms with Gasteiger partial charge in [-0.2, -0.15) is 0 Å². The Bertz CT molecular complexity index is 182. The number of rotatable bonds is 6. The third-order valence-corrected chi connectivity index (χ3v) is 2.00. The van der Waals surface area contributed by atoms with Gasteiger partial charge in [0.15, 0.2) is 0 Å². The summed E-state index contributed by atoms with van der Waals surface area (Å²) in [5, 5.41) is 0. The van der Waals surface area contributed by atoms with E-state index in [1.54, 1.807) is 0 Å². The number of hydrogen-bond donors (Lipinski definition) is 0. The second-order valence-corrected chi connectivity index (χ2v) is 3.26. The summed E-state index contributed by atoms with van der Waals surface area (Å²) in [5.74, 6) is 0. The zero-order valence-electron chi connectivity index (χ0n) is 9.61. The molecule has 0 saturated carbocycles. The second kappa shape index (κ2) is 8.73. The topological polar surface area (TPSA) is 30.0 Å². The highest BCUT2D eigenvalue weighted by Crippen LogP contribution is 2.11. The first-order chi connectivity index (χ1) is 6.24. The van der Waals surface area contributed by atoms with E-state index in [1.165, 1.54) is 6.42 Å². The molecule has 0 bridgehead atoms. The van der Waals surface area contributed by atoms with Crippen molar-refractivity contribution in [1.29, 1.82) is 0 Å². The zero-order chi connectivity index (χ0) is 10.2. The fraction of sp³-hybridized carbons (Fsp3) is 0.500. The minimum Gasteiger partial charge on any atom is -0.870 e. The Hall–Kier alpha value is -0.860. The largest absolute Gasteiger partial charge is 0.870 e. The van der Waals surface area contributed by atoms with Crippen LogP contribution < -0.4 is 0 Å². The first-order valence-corrected chi connectivity index (χ1v) is 4.99. The van der Waals surface area contributed by atoms with Gasteiger partial charge in [-0.1, -0.05) is 13.5 Å². The third kappa shape index (κ3) is 5.00. The van der Waals surface area contributed by atoms with Crippen LogP contribution in [0, 0.1) is 0 Å². The van der Waals surface area contributed by atoms with E-state index >= 15 is 0 Å². The fourth-order valence-corrected chi connectivity index (χ4v) is 1.66. The zero-order valence-corrected chi connectivity index (χ0v) is 9.61. The number of quaternary nitrogens is 1. The van der Waals surface area contributed by atoms with E-state index in [1.807, 2.05) is 6.08 Å². The lowest BCUT2D eigenvalue weighted by Gasteiger charge is -2.29. The quantitative estimate of drug-likeness (QED) is 0.474. The predicted octanol–water partition coefficient (Wildman–Crippen LogP) is 3.29. The minimum absolute atomic E-state index is 0. The van der Waals surface area contributed by atoms with Gasteiger partial charge in [0.1, 0.15) is 6.54 Å². The van der Waals surface area contributed by atoms with Crippen LogP contribution in [0.1, 0.15) is 27.2 Å². The van der Waals surface area contributed by atoms with Gasteiger partial charge in [-0.05, 0) is 38.5 Å². The van der Waals surface area contributed by atoms with Crippen molar-refractivity contribution in [2.75, 3.05) is 13.1 Å². The highest BCUT2D eigenvalue weighted by molar-refractivity contribution is 4.81. The lowest BCUT2D eigenvalue weighted by molar-refractivity contribution is -0.821. The summed E-state index contributed by atoms with van der Waals surface area (Å²) in [5.41, 5.74) is 0. The van der Waals surface area contributed by atoms with Crippen LogP contribution in [-0.4, -0.2) is 23.0 Å². The maximum absolute atomic E-state index is 3.81. The Morgan fingerprint density at radius 1 is 1.14 bits per heavy atom. The Morgan fingerprint density at radius 3 is 1.93 bits per heavy atom. The molecular formula is C12H23NO. The van der Waals surface area contributed by atoms with Crippen LogP contribution in [0.4, 0.5) is 0 Å². The maximum atomic E-state index is 3.81. The molecule has 0 aromatic carbocycles. The molecule has 0 amide bonds. The molecule has 0 rings (SSSR count). The maximum Gasteiger partial charge on any atom is 0.105 e. The van der Waals surface area contributed by atoms with Crippen LogP contribution >= 0.6 is 0 Å². The monoisotopic (exact) mass is 197 g/mol. The molecule has 0 aromatic rings. The van der Waals surface area contributed by atoms with E-state index in [4.69, 9.17) is 0 Å². The predicted molar refractivity (Wildman–Crippen MR) is 62.0 cm³/mol. The van der Waals surface area contributed by atoms with Gasteiger partial charge in [-0.15, -0.1) is 0 Å². The highest BCUT2D eigenvalue weighted by Gasteiger charge is 2.17. The van der Waals surface area contributed by atoms with Crippen LogP contribution in [0.25, 0.3) is 0 Å². The molecule has 0 aromatic heterocycles. The number of hydrogen-bond acceptors (Lipinski definition) is 1. The molecule has 2 nitrogen and oxygen atoms in total.